The molecule has 0 radical (unpaired) electrons. The van der Waals surface area contributed by atoms with E-state index in [9.17, 15) is 0 Å². The lowest BCUT2D eigenvalue weighted by atomic mass is 10.3. The number of anilines is 2. The third-order valence-corrected chi connectivity index (χ3v) is 2.60. The van der Waals surface area contributed by atoms with Gasteiger partial charge in [-0.05, 0) is 19.1 Å². The number of alkyl halides is 1. The van der Waals surface area contributed by atoms with Crippen molar-refractivity contribution in [2.24, 2.45) is 0 Å². The molecule has 0 spiro atoms. The average molecular weight is 284 g/mol. The molecular formula is C12H14ClN3O3. The van der Waals surface area contributed by atoms with Gasteiger partial charge < -0.3 is 19.2 Å². The van der Waals surface area contributed by atoms with Crippen LogP contribution in [-0.2, 0) is 0 Å². The van der Waals surface area contributed by atoms with E-state index in [0.29, 0.717) is 17.4 Å². The van der Waals surface area contributed by atoms with Crippen molar-refractivity contribution in [2.45, 2.75) is 12.3 Å². The van der Waals surface area contributed by atoms with Crippen molar-refractivity contribution in [1.29, 1.82) is 0 Å². The van der Waals surface area contributed by atoms with Gasteiger partial charge in [-0.15, -0.1) is 16.7 Å². The topological polar surface area (TPSA) is 69.4 Å². The summed E-state index contributed by atoms with van der Waals surface area (Å²) in [6.07, 6.45) is 0. The van der Waals surface area contributed by atoms with Crippen molar-refractivity contribution in [1.82, 2.24) is 10.2 Å². The number of ether oxygens (including phenoxy) is 2. The summed E-state index contributed by atoms with van der Waals surface area (Å²) in [7, 11) is 3.15. The number of hydrogen-bond acceptors (Lipinski definition) is 6. The Hall–Kier alpha value is -1.95. The minimum absolute atomic E-state index is 0.273. The van der Waals surface area contributed by atoms with Gasteiger partial charge in [0.2, 0.25) is 5.89 Å². The molecule has 0 aliphatic heterocycles. The summed E-state index contributed by atoms with van der Waals surface area (Å²) in [6, 6.07) is 5.64. The lowest BCUT2D eigenvalue weighted by Crippen LogP contribution is -1.94. The summed E-state index contributed by atoms with van der Waals surface area (Å²) < 4.78 is 15.7. The van der Waals surface area contributed by atoms with E-state index in [2.05, 4.69) is 15.5 Å². The number of aromatic nitrogens is 2. The highest BCUT2D eigenvalue weighted by molar-refractivity contribution is 6.20. The molecule has 1 heterocycles. The van der Waals surface area contributed by atoms with Crippen LogP contribution in [0.1, 0.15) is 18.2 Å². The minimum atomic E-state index is -0.326. The van der Waals surface area contributed by atoms with Crippen LogP contribution in [0.25, 0.3) is 0 Å². The molecule has 1 aromatic heterocycles. The quantitative estimate of drug-likeness (QED) is 0.850. The predicted octanol–water partition coefficient (Wildman–Crippen LogP) is 3.13. The lowest BCUT2D eigenvalue weighted by molar-refractivity contribution is 0.355. The Morgan fingerprint density at radius 1 is 1.21 bits per heavy atom. The van der Waals surface area contributed by atoms with Crippen LogP contribution in [0.15, 0.2) is 22.6 Å². The zero-order chi connectivity index (χ0) is 13.8. The van der Waals surface area contributed by atoms with Crippen LogP contribution < -0.4 is 14.8 Å². The summed E-state index contributed by atoms with van der Waals surface area (Å²) in [5.74, 6) is 1.62. The Morgan fingerprint density at radius 3 is 2.53 bits per heavy atom. The zero-order valence-corrected chi connectivity index (χ0v) is 11.6. The summed E-state index contributed by atoms with van der Waals surface area (Å²) in [6.45, 7) is 1.76. The standard InChI is InChI=1S/C12H14ClN3O3/c1-7(13)11-15-16-12(19-11)14-8-4-5-9(17-2)10(6-8)18-3/h4-7H,1-3H3,(H,14,16). The third-order valence-electron chi connectivity index (χ3n) is 2.42. The maximum Gasteiger partial charge on any atom is 0.320 e. The van der Waals surface area contributed by atoms with E-state index in [1.165, 1.54) is 0 Å². The van der Waals surface area contributed by atoms with Gasteiger partial charge >= 0.3 is 6.01 Å². The number of nitrogens with one attached hydrogen (secondary N) is 1. The first-order valence-electron chi connectivity index (χ1n) is 5.60. The molecule has 0 fully saturated rings. The molecular weight excluding hydrogens is 270 g/mol. The second kappa shape index (κ2) is 5.79. The SMILES string of the molecule is COc1ccc(Nc2nnc(C(C)Cl)o2)cc1OC. The van der Waals surface area contributed by atoms with Crippen molar-refractivity contribution >= 4 is 23.3 Å². The number of nitrogens with zero attached hydrogens (tertiary/aromatic N) is 2. The van der Waals surface area contributed by atoms with Crippen LogP contribution in [0.2, 0.25) is 0 Å². The van der Waals surface area contributed by atoms with Gasteiger partial charge in [0.15, 0.2) is 11.5 Å². The van der Waals surface area contributed by atoms with Gasteiger partial charge in [0, 0.05) is 11.8 Å². The third kappa shape index (κ3) is 3.08. The van der Waals surface area contributed by atoms with Crippen molar-refractivity contribution in [3.63, 3.8) is 0 Å². The highest BCUT2D eigenvalue weighted by atomic mass is 35.5. The van der Waals surface area contributed by atoms with Crippen molar-refractivity contribution in [3.8, 4) is 11.5 Å². The van der Waals surface area contributed by atoms with Crippen LogP contribution in [0.5, 0.6) is 11.5 Å². The molecule has 0 saturated heterocycles. The van der Waals surface area contributed by atoms with Gasteiger partial charge in [0.1, 0.15) is 5.38 Å². The van der Waals surface area contributed by atoms with E-state index < -0.39 is 0 Å². The molecule has 2 aromatic rings. The number of benzene rings is 1. The van der Waals surface area contributed by atoms with E-state index in [0.717, 1.165) is 5.69 Å². The average Bonchev–Trinajstić information content (AvgIpc) is 2.87. The number of rotatable bonds is 5. The van der Waals surface area contributed by atoms with Crippen molar-refractivity contribution in [2.75, 3.05) is 19.5 Å². The van der Waals surface area contributed by atoms with E-state index in [1.807, 2.05) is 6.07 Å². The first-order valence-corrected chi connectivity index (χ1v) is 6.04. The first kappa shape index (κ1) is 13.5. The fourth-order valence-corrected chi connectivity index (χ4v) is 1.57. The van der Waals surface area contributed by atoms with Crippen LogP contribution in [0, 0.1) is 0 Å². The molecule has 0 amide bonds. The van der Waals surface area contributed by atoms with Gasteiger partial charge in [-0.3, -0.25) is 0 Å². The van der Waals surface area contributed by atoms with E-state index in [1.54, 1.807) is 33.3 Å². The van der Waals surface area contributed by atoms with Crippen LogP contribution in [0.3, 0.4) is 0 Å². The van der Waals surface area contributed by atoms with E-state index >= 15 is 0 Å². The van der Waals surface area contributed by atoms with Gasteiger partial charge in [0.05, 0.1) is 14.2 Å². The molecule has 7 heteroatoms. The molecule has 19 heavy (non-hydrogen) atoms. The summed E-state index contributed by atoms with van der Waals surface area (Å²) in [4.78, 5) is 0. The van der Waals surface area contributed by atoms with Crippen LogP contribution in [0.4, 0.5) is 11.7 Å². The molecule has 0 aliphatic carbocycles. The first-order chi connectivity index (χ1) is 9.13. The number of halogens is 1. The zero-order valence-electron chi connectivity index (χ0n) is 10.8. The maximum absolute atomic E-state index is 5.85. The normalized spacial score (nSPS) is 12.0. The monoisotopic (exact) mass is 283 g/mol. The lowest BCUT2D eigenvalue weighted by Gasteiger charge is -2.09. The molecule has 1 N–H and O–H groups in total. The predicted molar refractivity (Wildman–Crippen MR) is 71.4 cm³/mol. The molecule has 1 atom stereocenters. The Morgan fingerprint density at radius 2 is 1.95 bits per heavy atom. The van der Waals surface area contributed by atoms with Gasteiger partial charge in [-0.2, -0.15) is 0 Å². The van der Waals surface area contributed by atoms with Gasteiger partial charge in [-0.1, -0.05) is 5.10 Å². The molecule has 1 aromatic carbocycles. The second-order valence-electron chi connectivity index (χ2n) is 3.76. The van der Waals surface area contributed by atoms with Gasteiger partial charge in [0.25, 0.3) is 0 Å². The Kier molecular flexibility index (Phi) is 4.11. The Labute approximate surface area is 115 Å². The summed E-state index contributed by atoms with van der Waals surface area (Å²) in [5.41, 5.74) is 0.745. The highest BCUT2D eigenvalue weighted by Crippen LogP contribution is 2.31. The molecule has 6 nitrogen and oxygen atoms in total. The fraction of sp³-hybridized carbons (Fsp3) is 0.333. The molecule has 102 valence electrons. The second-order valence-corrected chi connectivity index (χ2v) is 4.41. The molecule has 0 aliphatic rings. The fourth-order valence-electron chi connectivity index (χ4n) is 1.48. The molecule has 1 unspecified atom stereocenters. The van der Waals surface area contributed by atoms with Crippen LogP contribution >= 0.6 is 11.6 Å². The van der Waals surface area contributed by atoms with E-state index in [-0.39, 0.29) is 11.4 Å². The summed E-state index contributed by atoms with van der Waals surface area (Å²) >= 11 is 5.85. The Balaban J connectivity index is 2.18. The molecule has 0 bridgehead atoms. The van der Waals surface area contributed by atoms with Crippen molar-refractivity contribution in [3.05, 3.63) is 24.1 Å². The minimum Gasteiger partial charge on any atom is -0.493 e. The Bertz CT molecular complexity index is 557. The van der Waals surface area contributed by atoms with Gasteiger partial charge in [-0.25, -0.2) is 0 Å². The molecule has 0 saturated carbocycles. The largest absolute Gasteiger partial charge is 0.493 e. The smallest absolute Gasteiger partial charge is 0.320 e. The van der Waals surface area contributed by atoms with Crippen LogP contribution in [-0.4, -0.2) is 24.4 Å². The number of methoxy groups -OCH3 is 2. The maximum atomic E-state index is 5.85. The molecule has 2 rings (SSSR count). The highest BCUT2D eigenvalue weighted by Gasteiger charge is 2.12. The summed E-state index contributed by atoms with van der Waals surface area (Å²) in [5, 5.41) is 10.3. The van der Waals surface area contributed by atoms with Crippen molar-refractivity contribution < 1.29 is 13.9 Å². The number of hydrogen-bond donors (Lipinski definition) is 1. The van der Waals surface area contributed by atoms with E-state index in [4.69, 9.17) is 25.5 Å².